The van der Waals surface area contributed by atoms with Gasteiger partial charge in [0.25, 0.3) is 5.91 Å². The van der Waals surface area contributed by atoms with Crippen molar-refractivity contribution >= 4 is 17.8 Å². The number of esters is 1. The summed E-state index contributed by atoms with van der Waals surface area (Å²) in [6.07, 6.45) is -0.920. The molecular formula is C8H11NO4. The van der Waals surface area contributed by atoms with Crippen molar-refractivity contribution in [2.45, 2.75) is 26.4 Å². The highest BCUT2D eigenvalue weighted by Gasteiger charge is 2.39. The topological polar surface area (TPSA) is 63.7 Å². The number of carbonyl (C=O) groups excluding carboxylic acids is 3. The summed E-state index contributed by atoms with van der Waals surface area (Å²) >= 11 is 0. The number of likely N-dealkylation sites (tertiary alicyclic amines) is 1. The largest absolute Gasteiger partial charge is 0.452 e. The highest BCUT2D eigenvalue weighted by atomic mass is 16.5. The van der Waals surface area contributed by atoms with Crippen LogP contribution in [0.5, 0.6) is 0 Å². The van der Waals surface area contributed by atoms with Gasteiger partial charge in [-0.3, -0.25) is 19.3 Å². The Bertz CT molecular complexity index is 261. The molecule has 0 spiro atoms. The van der Waals surface area contributed by atoms with Crippen molar-refractivity contribution in [2.75, 3.05) is 6.54 Å². The summed E-state index contributed by atoms with van der Waals surface area (Å²) in [5, 5.41) is 0. The second kappa shape index (κ2) is 3.55. The van der Waals surface area contributed by atoms with Crippen molar-refractivity contribution in [2.24, 2.45) is 0 Å². The zero-order valence-electron chi connectivity index (χ0n) is 7.57. The fraction of sp³-hybridized carbons (Fsp3) is 0.625. The van der Waals surface area contributed by atoms with Crippen molar-refractivity contribution in [3.05, 3.63) is 0 Å². The van der Waals surface area contributed by atoms with Gasteiger partial charge in [-0.1, -0.05) is 0 Å². The first-order valence-electron chi connectivity index (χ1n) is 4.07. The minimum absolute atomic E-state index is 0.0216. The van der Waals surface area contributed by atoms with E-state index >= 15 is 0 Å². The van der Waals surface area contributed by atoms with E-state index in [9.17, 15) is 14.4 Å². The predicted octanol–water partition coefficient (Wildman–Crippen LogP) is -0.303. The summed E-state index contributed by atoms with van der Waals surface area (Å²) in [6, 6.07) is 0. The Morgan fingerprint density at radius 2 is 2.23 bits per heavy atom. The van der Waals surface area contributed by atoms with Gasteiger partial charge in [-0.05, 0) is 6.92 Å². The SMILES string of the molecule is CCN1C(=O)CC(OC(C)=O)C1=O. The molecule has 0 aliphatic carbocycles. The third kappa shape index (κ3) is 1.85. The van der Waals surface area contributed by atoms with Gasteiger partial charge in [0.15, 0.2) is 6.10 Å². The lowest BCUT2D eigenvalue weighted by molar-refractivity contribution is -0.154. The van der Waals surface area contributed by atoms with Crippen LogP contribution in [0.2, 0.25) is 0 Å². The van der Waals surface area contributed by atoms with E-state index in [1.54, 1.807) is 6.92 Å². The summed E-state index contributed by atoms with van der Waals surface area (Å²) in [5.74, 6) is -1.23. The minimum Gasteiger partial charge on any atom is -0.452 e. The molecule has 0 radical (unpaired) electrons. The highest BCUT2D eigenvalue weighted by molar-refractivity contribution is 6.05. The minimum atomic E-state index is -0.898. The molecule has 2 amide bonds. The number of nitrogens with zero attached hydrogens (tertiary/aromatic N) is 1. The number of ether oxygens (including phenoxy) is 1. The summed E-state index contributed by atoms with van der Waals surface area (Å²) < 4.78 is 4.67. The van der Waals surface area contributed by atoms with Crippen molar-refractivity contribution in [3.63, 3.8) is 0 Å². The molecule has 1 aliphatic rings. The lowest BCUT2D eigenvalue weighted by Gasteiger charge is -2.11. The van der Waals surface area contributed by atoms with E-state index in [1.807, 2.05) is 0 Å². The molecule has 1 heterocycles. The molecule has 0 aromatic heterocycles. The van der Waals surface area contributed by atoms with E-state index in [1.165, 1.54) is 6.92 Å². The van der Waals surface area contributed by atoms with E-state index in [4.69, 9.17) is 0 Å². The molecule has 0 aromatic rings. The molecular weight excluding hydrogens is 174 g/mol. The molecule has 1 rings (SSSR count). The second-order valence-electron chi connectivity index (χ2n) is 2.78. The van der Waals surface area contributed by atoms with Crippen LogP contribution in [0.1, 0.15) is 20.3 Å². The number of likely N-dealkylation sites (N-methyl/N-ethyl adjacent to an activating group) is 1. The Morgan fingerprint density at radius 1 is 1.62 bits per heavy atom. The van der Waals surface area contributed by atoms with E-state index in [2.05, 4.69) is 4.74 Å². The van der Waals surface area contributed by atoms with Gasteiger partial charge in [-0.2, -0.15) is 0 Å². The zero-order valence-corrected chi connectivity index (χ0v) is 7.57. The smallest absolute Gasteiger partial charge is 0.303 e. The number of imide groups is 1. The summed E-state index contributed by atoms with van der Waals surface area (Å²) in [5.41, 5.74) is 0. The predicted molar refractivity (Wildman–Crippen MR) is 42.6 cm³/mol. The van der Waals surface area contributed by atoms with Crippen LogP contribution in [0, 0.1) is 0 Å². The van der Waals surface area contributed by atoms with Crippen LogP contribution in [0.25, 0.3) is 0 Å². The van der Waals surface area contributed by atoms with Crippen molar-refractivity contribution in [1.29, 1.82) is 0 Å². The molecule has 1 aliphatic heterocycles. The molecule has 5 heteroatoms. The van der Waals surface area contributed by atoms with Crippen molar-refractivity contribution in [3.8, 4) is 0 Å². The van der Waals surface area contributed by atoms with E-state index < -0.39 is 18.0 Å². The molecule has 0 N–H and O–H groups in total. The molecule has 0 saturated carbocycles. The van der Waals surface area contributed by atoms with Crippen LogP contribution in [-0.2, 0) is 19.1 Å². The van der Waals surface area contributed by atoms with E-state index in [0.717, 1.165) is 4.90 Å². The van der Waals surface area contributed by atoms with E-state index in [0.29, 0.717) is 6.54 Å². The number of carbonyl (C=O) groups is 3. The average Bonchev–Trinajstić information content (AvgIpc) is 2.26. The first kappa shape index (κ1) is 9.70. The fourth-order valence-electron chi connectivity index (χ4n) is 1.28. The molecule has 1 unspecified atom stereocenters. The molecule has 1 atom stereocenters. The van der Waals surface area contributed by atoms with Gasteiger partial charge in [-0.15, -0.1) is 0 Å². The Kier molecular flexibility index (Phi) is 2.65. The molecule has 1 fully saturated rings. The second-order valence-corrected chi connectivity index (χ2v) is 2.78. The Labute approximate surface area is 75.6 Å². The van der Waals surface area contributed by atoms with Gasteiger partial charge < -0.3 is 4.74 Å². The maximum absolute atomic E-state index is 11.3. The fourth-order valence-corrected chi connectivity index (χ4v) is 1.28. The lowest BCUT2D eigenvalue weighted by atomic mass is 10.3. The number of hydrogen-bond acceptors (Lipinski definition) is 4. The summed E-state index contributed by atoms with van der Waals surface area (Å²) in [7, 11) is 0. The summed E-state index contributed by atoms with van der Waals surface area (Å²) in [4.78, 5) is 34.1. The van der Waals surface area contributed by atoms with Crippen LogP contribution in [-0.4, -0.2) is 35.3 Å². The van der Waals surface area contributed by atoms with Crippen LogP contribution in [0.15, 0.2) is 0 Å². The number of rotatable bonds is 2. The average molecular weight is 185 g/mol. The number of amides is 2. The van der Waals surface area contributed by atoms with Gasteiger partial charge in [-0.25, -0.2) is 0 Å². The molecule has 1 saturated heterocycles. The third-order valence-corrected chi connectivity index (χ3v) is 1.83. The molecule has 5 nitrogen and oxygen atoms in total. The summed E-state index contributed by atoms with van der Waals surface area (Å²) in [6.45, 7) is 3.24. The Morgan fingerprint density at radius 3 is 2.62 bits per heavy atom. The van der Waals surface area contributed by atoms with Crippen molar-refractivity contribution in [1.82, 2.24) is 4.90 Å². The normalized spacial score (nSPS) is 22.3. The van der Waals surface area contributed by atoms with Crippen molar-refractivity contribution < 1.29 is 19.1 Å². The van der Waals surface area contributed by atoms with Crippen LogP contribution < -0.4 is 0 Å². The number of hydrogen-bond donors (Lipinski definition) is 0. The van der Waals surface area contributed by atoms with Gasteiger partial charge >= 0.3 is 5.97 Å². The molecule has 13 heavy (non-hydrogen) atoms. The van der Waals surface area contributed by atoms with Crippen LogP contribution >= 0.6 is 0 Å². The van der Waals surface area contributed by atoms with Crippen LogP contribution in [0.3, 0.4) is 0 Å². The zero-order chi connectivity index (χ0) is 10.0. The maximum atomic E-state index is 11.3. The first-order chi connectivity index (χ1) is 6.06. The molecule has 0 bridgehead atoms. The monoisotopic (exact) mass is 185 g/mol. The first-order valence-corrected chi connectivity index (χ1v) is 4.07. The quantitative estimate of drug-likeness (QED) is 0.437. The third-order valence-electron chi connectivity index (χ3n) is 1.83. The molecule has 72 valence electrons. The Balaban J connectivity index is 2.67. The van der Waals surface area contributed by atoms with Gasteiger partial charge in [0.2, 0.25) is 5.91 Å². The molecule has 0 aromatic carbocycles. The van der Waals surface area contributed by atoms with Gasteiger partial charge in [0, 0.05) is 13.5 Å². The van der Waals surface area contributed by atoms with Gasteiger partial charge in [0.1, 0.15) is 0 Å². The van der Waals surface area contributed by atoms with Crippen LogP contribution in [0.4, 0.5) is 0 Å². The highest BCUT2D eigenvalue weighted by Crippen LogP contribution is 2.15. The standard InChI is InChI=1S/C8H11NO4/c1-3-9-7(11)4-6(8(9)12)13-5(2)10/h6H,3-4H2,1-2H3. The maximum Gasteiger partial charge on any atom is 0.303 e. The van der Waals surface area contributed by atoms with Gasteiger partial charge in [0.05, 0.1) is 6.42 Å². The Hall–Kier alpha value is -1.39. The van der Waals surface area contributed by atoms with E-state index in [-0.39, 0.29) is 12.3 Å². The lowest BCUT2D eigenvalue weighted by Crippen LogP contribution is -2.33.